The van der Waals surface area contributed by atoms with E-state index in [2.05, 4.69) is 25.9 Å². The summed E-state index contributed by atoms with van der Waals surface area (Å²) in [6, 6.07) is 5.64. The monoisotopic (exact) mass is 367 g/mol. The maximum atomic E-state index is 11.8. The molecule has 1 saturated heterocycles. The molecule has 0 amide bonds. The van der Waals surface area contributed by atoms with Crippen LogP contribution in [0.4, 0.5) is 0 Å². The summed E-state index contributed by atoms with van der Waals surface area (Å²) < 4.78 is 13.2. The van der Waals surface area contributed by atoms with Crippen molar-refractivity contribution in [2.24, 2.45) is 0 Å². The third-order valence-corrected chi connectivity index (χ3v) is 4.56. The van der Waals surface area contributed by atoms with Crippen LogP contribution in [0.2, 0.25) is 0 Å². The van der Waals surface area contributed by atoms with E-state index < -0.39 is 0 Å². The zero-order valence-corrected chi connectivity index (χ0v) is 14.0. The highest BCUT2D eigenvalue weighted by Gasteiger charge is 2.29. The Labute approximate surface area is 137 Å². The van der Waals surface area contributed by atoms with Crippen LogP contribution in [0.15, 0.2) is 28.9 Å². The standard InChI is InChI=1S/C15H18BrN3O3/c1-21-15(20)14-10-22-8-7-18(14)5-6-19-9-11-12(16)3-2-4-13(11)17-19/h2-4,9,14H,5-8,10H2,1H3/t14-/m0/s1. The van der Waals surface area contributed by atoms with Gasteiger partial charge in [0, 0.05) is 29.1 Å². The molecule has 6 nitrogen and oxygen atoms in total. The third kappa shape index (κ3) is 3.16. The molecule has 3 rings (SSSR count). The zero-order chi connectivity index (χ0) is 15.5. The first-order valence-electron chi connectivity index (χ1n) is 7.20. The van der Waals surface area contributed by atoms with Crippen molar-refractivity contribution < 1.29 is 14.3 Å². The fourth-order valence-corrected chi connectivity index (χ4v) is 3.12. The minimum absolute atomic E-state index is 0.243. The Kier molecular flexibility index (Phi) is 4.75. The van der Waals surface area contributed by atoms with E-state index in [0.29, 0.717) is 19.8 Å². The number of hydrogen-bond donors (Lipinski definition) is 0. The first-order valence-corrected chi connectivity index (χ1v) is 7.99. The van der Waals surface area contributed by atoms with Crippen LogP contribution >= 0.6 is 15.9 Å². The molecule has 0 aliphatic carbocycles. The van der Waals surface area contributed by atoms with Gasteiger partial charge >= 0.3 is 5.97 Å². The maximum Gasteiger partial charge on any atom is 0.325 e. The minimum atomic E-state index is -0.324. The maximum absolute atomic E-state index is 11.8. The average Bonchev–Trinajstić information content (AvgIpc) is 2.97. The Hall–Kier alpha value is -1.44. The normalized spacial score (nSPS) is 19.5. The molecule has 2 heterocycles. The number of ether oxygens (including phenoxy) is 2. The summed E-state index contributed by atoms with van der Waals surface area (Å²) >= 11 is 3.53. The van der Waals surface area contributed by atoms with Gasteiger partial charge in [-0.15, -0.1) is 0 Å². The molecule has 1 aliphatic heterocycles. The van der Waals surface area contributed by atoms with Crippen molar-refractivity contribution in [3.05, 3.63) is 28.9 Å². The molecule has 118 valence electrons. The summed E-state index contributed by atoms with van der Waals surface area (Å²) in [6.07, 6.45) is 2.02. The molecule has 1 atom stereocenters. The van der Waals surface area contributed by atoms with Crippen molar-refractivity contribution in [1.29, 1.82) is 0 Å². The molecule has 1 aromatic heterocycles. The van der Waals surface area contributed by atoms with Crippen molar-refractivity contribution in [2.45, 2.75) is 12.6 Å². The fraction of sp³-hybridized carbons (Fsp3) is 0.467. The second kappa shape index (κ2) is 6.76. The molecule has 0 saturated carbocycles. The number of fused-ring (bicyclic) bond motifs is 1. The van der Waals surface area contributed by atoms with Crippen LogP contribution in [-0.4, -0.2) is 60.1 Å². The average molecular weight is 368 g/mol. The lowest BCUT2D eigenvalue weighted by Crippen LogP contribution is -2.51. The van der Waals surface area contributed by atoms with Gasteiger partial charge in [0.15, 0.2) is 0 Å². The van der Waals surface area contributed by atoms with E-state index in [9.17, 15) is 4.79 Å². The molecule has 0 spiro atoms. The van der Waals surface area contributed by atoms with Crippen molar-refractivity contribution in [3.63, 3.8) is 0 Å². The SMILES string of the molecule is COC(=O)[C@@H]1COCCN1CCn1cc2c(Br)cccc2n1. The van der Waals surface area contributed by atoms with E-state index in [1.807, 2.05) is 29.1 Å². The number of carbonyl (C=O) groups is 1. The van der Waals surface area contributed by atoms with E-state index in [4.69, 9.17) is 9.47 Å². The summed E-state index contributed by atoms with van der Waals surface area (Å²) in [5, 5.41) is 5.65. The number of methoxy groups -OCH3 is 1. The Morgan fingerprint density at radius 1 is 1.50 bits per heavy atom. The van der Waals surface area contributed by atoms with Gasteiger partial charge in [0.05, 0.1) is 32.4 Å². The fourth-order valence-electron chi connectivity index (χ4n) is 2.66. The molecule has 22 heavy (non-hydrogen) atoms. The highest BCUT2D eigenvalue weighted by atomic mass is 79.9. The van der Waals surface area contributed by atoms with Gasteiger partial charge in [0.25, 0.3) is 0 Å². The largest absolute Gasteiger partial charge is 0.468 e. The Balaban J connectivity index is 1.69. The molecule has 2 aromatic rings. The number of rotatable bonds is 4. The van der Waals surface area contributed by atoms with Crippen LogP contribution in [-0.2, 0) is 20.8 Å². The van der Waals surface area contributed by atoms with Crippen LogP contribution in [0.5, 0.6) is 0 Å². The van der Waals surface area contributed by atoms with Crippen LogP contribution < -0.4 is 0 Å². The predicted molar refractivity (Wildman–Crippen MR) is 85.6 cm³/mol. The molecular weight excluding hydrogens is 350 g/mol. The second-order valence-electron chi connectivity index (χ2n) is 5.21. The van der Waals surface area contributed by atoms with Crippen molar-refractivity contribution in [1.82, 2.24) is 14.7 Å². The van der Waals surface area contributed by atoms with Crippen LogP contribution in [0.3, 0.4) is 0 Å². The molecule has 7 heteroatoms. The number of carbonyl (C=O) groups excluding carboxylic acids is 1. The van der Waals surface area contributed by atoms with E-state index in [1.54, 1.807) is 0 Å². The van der Waals surface area contributed by atoms with Crippen LogP contribution in [0.1, 0.15) is 0 Å². The Morgan fingerprint density at radius 3 is 3.14 bits per heavy atom. The Bertz CT molecular complexity index is 673. The minimum Gasteiger partial charge on any atom is -0.468 e. The quantitative estimate of drug-likeness (QED) is 0.769. The van der Waals surface area contributed by atoms with Crippen LogP contribution in [0, 0.1) is 0 Å². The van der Waals surface area contributed by atoms with Gasteiger partial charge in [0.1, 0.15) is 6.04 Å². The van der Waals surface area contributed by atoms with E-state index >= 15 is 0 Å². The number of morpholine rings is 1. The van der Waals surface area contributed by atoms with Gasteiger partial charge in [-0.1, -0.05) is 22.0 Å². The molecule has 1 aliphatic rings. The lowest BCUT2D eigenvalue weighted by molar-refractivity contribution is -0.153. The zero-order valence-electron chi connectivity index (χ0n) is 12.4. The molecular formula is C15H18BrN3O3. The lowest BCUT2D eigenvalue weighted by Gasteiger charge is -2.33. The van der Waals surface area contributed by atoms with Gasteiger partial charge in [0.2, 0.25) is 0 Å². The molecule has 0 N–H and O–H groups in total. The molecule has 1 aromatic carbocycles. The first-order chi connectivity index (χ1) is 10.7. The van der Waals surface area contributed by atoms with Gasteiger partial charge in [-0.2, -0.15) is 5.10 Å². The van der Waals surface area contributed by atoms with Crippen molar-refractivity contribution >= 4 is 32.8 Å². The molecule has 0 bridgehead atoms. The summed E-state index contributed by atoms with van der Waals surface area (Å²) in [5.74, 6) is -0.243. The number of esters is 1. The molecule has 1 fully saturated rings. The number of aromatic nitrogens is 2. The van der Waals surface area contributed by atoms with Crippen molar-refractivity contribution in [3.8, 4) is 0 Å². The van der Waals surface area contributed by atoms with Gasteiger partial charge in [-0.3, -0.25) is 14.4 Å². The predicted octanol–water partition coefficient (Wildman–Crippen LogP) is 1.67. The number of halogens is 1. The number of nitrogens with zero attached hydrogens (tertiary/aromatic N) is 3. The van der Waals surface area contributed by atoms with Crippen molar-refractivity contribution in [2.75, 3.05) is 33.4 Å². The van der Waals surface area contributed by atoms with Gasteiger partial charge in [-0.25, -0.2) is 0 Å². The second-order valence-corrected chi connectivity index (χ2v) is 6.07. The number of benzene rings is 1. The van der Waals surface area contributed by atoms with E-state index in [-0.39, 0.29) is 12.0 Å². The summed E-state index contributed by atoms with van der Waals surface area (Å²) in [6.45, 7) is 3.20. The van der Waals surface area contributed by atoms with Crippen LogP contribution in [0.25, 0.3) is 10.9 Å². The summed E-state index contributed by atoms with van der Waals surface area (Å²) in [7, 11) is 1.41. The van der Waals surface area contributed by atoms with E-state index in [0.717, 1.165) is 28.5 Å². The van der Waals surface area contributed by atoms with E-state index in [1.165, 1.54) is 7.11 Å². The topological polar surface area (TPSA) is 56.6 Å². The third-order valence-electron chi connectivity index (χ3n) is 3.87. The molecule has 0 unspecified atom stereocenters. The lowest BCUT2D eigenvalue weighted by atomic mass is 10.2. The highest BCUT2D eigenvalue weighted by molar-refractivity contribution is 9.10. The van der Waals surface area contributed by atoms with Gasteiger partial charge < -0.3 is 9.47 Å². The summed E-state index contributed by atoms with van der Waals surface area (Å²) in [5.41, 5.74) is 0.959. The van der Waals surface area contributed by atoms with Gasteiger partial charge in [-0.05, 0) is 12.1 Å². The Morgan fingerprint density at radius 2 is 2.36 bits per heavy atom. The molecule has 0 radical (unpaired) electrons. The smallest absolute Gasteiger partial charge is 0.325 e. The first kappa shape index (κ1) is 15.5. The summed E-state index contributed by atoms with van der Waals surface area (Å²) in [4.78, 5) is 13.9. The number of hydrogen-bond acceptors (Lipinski definition) is 5. The highest BCUT2D eigenvalue weighted by Crippen LogP contribution is 2.22.